The monoisotopic (exact) mass is 328 g/mol. The number of aliphatic carboxylic acids is 1. The van der Waals surface area contributed by atoms with Gasteiger partial charge in [-0.1, -0.05) is 6.92 Å². The first-order valence-corrected chi connectivity index (χ1v) is 7.97. The zero-order valence-corrected chi connectivity index (χ0v) is 13.7. The second-order valence-electron chi connectivity index (χ2n) is 6.27. The van der Waals surface area contributed by atoms with Crippen LogP contribution in [0.1, 0.15) is 35.7 Å². The molecule has 0 saturated heterocycles. The fourth-order valence-electron chi connectivity index (χ4n) is 2.70. The van der Waals surface area contributed by atoms with Gasteiger partial charge in [-0.25, -0.2) is 9.67 Å². The van der Waals surface area contributed by atoms with E-state index >= 15 is 0 Å². The van der Waals surface area contributed by atoms with Crippen molar-refractivity contribution >= 4 is 11.9 Å². The molecule has 2 aromatic rings. The summed E-state index contributed by atoms with van der Waals surface area (Å²) in [4.78, 5) is 29.6. The Bertz CT molecular complexity index is 753. The number of amides is 1. The highest BCUT2D eigenvalue weighted by atomic mass is 16.4. The van der Waals surface area contributed by atoms with Crippen LogP contribution in [-0.2, 0) is 4.79 Å². The average molecular weight is 328 g/mol. The molecule has 0 radical (unpaired) electrons. The molecule has 1 aliphatic rings. The minimum Gasteiger partial charge on any atom is -0.481 e. The summed E-state index contributed by atoms with van der Waals surface area (Å²) in [5.41, 5.74) is 2.34. The average Bonchev–Trinajstić information content (AvgIpc) is 3.25. The molecule has 1 heterocycles. The third-order valence-corrected chi connectivity index (χ3v) is 4.25. The minimum atomic E-state index is -0.883. The standard InChI is InChI=1S/C17H20N4O3/c1-11-7-13(3-6-15(11)21-10-18-9-19-21)16(22)20(14-4-5-14)8-12(2)17(23)24/h3,6-7,9-10,12,14H,4-5,8H2,1-2H3,(H,23,24). The molecule has 1 fully saturated rings. The van der Waals surface area contributed by atoms with E-state index < -0.39 is 11.9 Å². The lowest BCUT2D eigenvalue weighted by atomic mass is 10.1. The van der Waals surface area contributed by atoms with Gasteiger partial charge in [0, 0.05) is 18.2 Å². The number of aromatic nitrogens is 3. The Balaban J connectivity index is 1.83. The Morgan fingerprint density at radius 2 is 2.17 bits per heavy atom. The number of carboxylic acid groups (broad SMARTS) is 1. The Kier molecular flexibility index (Phi) is 4.33. The number of hydrogen-bond donors (Lipinski definition) is 1. The van der Waals surface area contributed by atoms with Crippen molar-refractivity contribution in [2.75, 3.05) is 6.54 Å². The van der Waals surface area contributed by atoms with E-state index in [1.165, 1.54) is 6.33 Å². The van der Waals surface area contributed by atoms with Gasteiger partial charge in [0.25, 0.3) is 5.91 Å². The number of hydrogen-bond acceptors (Lipinski definition) is 4. The first kappa shape index (κ1) is 16.2. The molecule has 1 unspecified atom stereocenters. The van der Waals surface area contributed by atoms with Crippen molar-refractivity contribution in [3.63, 3.8) is 0 Å². The van der Waals surface area contributed by atoms with Crippen LogP contribution in [0.3, 0.4) is 0 Å². The lowest BCUT2D eigenvalue weighted by Gasteiger charge is -2.24. The Labute approximate surface area is 139 Å². The molecular weight excluding hydrogens is 308 g/mol. The van der Waals surface area contributed by atoms with Crippen LogP contribution < -0.4 is 0 Å². The third-order valence-electron chi connectivity index (χ3n) is 4.25. The van der Waals surface area contributed by atoms with E-state index in [2.05, 4.69) is 10.1 Å². The second-order valence-corrected chi connectivity index (χ2v) is 6.27. The maximum atomic E-state index is 12.8. The van der Waals surface area contributed by atoms with Crippen molar-refractivity contribution in [3.8, 4) is 5.69 Å². The van der Waals surface area contributed by atoms with E-state index in [-0.39, 0.29) is 18.5 Å². The molecule has 1 aliphatic carbocycles. The maximum Gasteiger partial charge on any atom is 0.308 e. The second kappa shape index (κ2) is 6.43. The minimum absolute atomic E-state index is 0.112. The fraction of sp³-hybridized carbons (Fsp3) is 0.412. The summed E-state index contributed by atoms with van der Waals surface area (Å²) in [5, 5.41) is 13.2. The molecule has 24 heavy (non-hydrogen) atoms. The van der Waals surface area contributed by atoms with Crippen molar-refractivity contribution in [2.45, 2.75) is 32.7 Å². The molecule has 3 rings (SSSR count). The SMILES string of the molecule is Cc1cc(C(=O)N(CC(C)C(=O)O)C2CC2)ccc1-n1cncn1. The summed E-state index contributed by atoms with van der Waals surface area (Å²) in [5.74, 6) is -1.57. The topological polar surface area (TPSA) is 88.3 Å². The van der Waals surface area contributed by atoms with Gasteiger partial charge in [0.15, 0.2) is 0 Å². The summed E-state index contributed by atoms with van der Waals surface area (Å²) in [7, 11) is 0. The van der Waals surface area contributed by atoms with Crippen LogP contribution in [0.15, 0.2) is 30.9 Å². The van der Waals surface area contributed by atoms with Gasteiger partial charge in [-0.2, -0.15) is 5.10 Å². The molecule has 1 aromatic carbocycles. The van der Waals surface area contributed by atoms with Crippen LogP contribution >= 0.6 is 0 Å². The van der Waals surface area contributed by atoms with E-state index in [4.69, 9.17) is 5.11 Å². The normalized spacial score (nSPS) is 15.1. The Morgan fingerprint density at radius 3 is 2.71 bits per heavy atom. The lowest BCUT2D eigenvalue weighted by molar-refractivity contribution is -0.141. The van der Waals surface area contributed by atoms with Crippen LogP contribution in [0, 0.1) is 12.8 Å². The van der Waals surface area contributed by atoms with Crippen molar-refractivity contribution in [1.29, 1.82) is 0 Å². The molecule has 0 aliphatic heterocycles. The highest BCUT2D eigenvalue weighted by Crippen LogP contribution is 2.29. The number of nitrogens with zero attached hydrogens (tertiary/aromatic N) is 4. The molecule has 7 heteroatoms. The van der Waals surface area contributed by atoms with E-state index in [1.807, 2.05) is 19.1 Å². The van der Waals surface area contributed by atoms with Gasteiger partial charge < -0.3 is 10.0 Å². The van der Waals surface area contributed by atoms with Crippen LogP contribution in [0.2, 0.25) is 0 Å². The number of rotatable bonds is 6. The van der Waals surface area contributed by atoms with Crippen LogP contribution in [0.4, 0.5) is 0 Å². The Morgan fingerprint density at radius 1 is 1.42 bits per heavy atom. The molecule has 1 aromatic heterocycles. The maximum absolute atomic E-state index is 12.8. The quantitative estimate of drug-likeness (QED) is 0.875. The zero-order chi connectivity index (χ0) is 17.3. The van der Waals surface area contributed by atoms with Crippen molar-refractivity contribution < 1.29 is 14.7 Å². The highest BCUT2D eigenvalue weighted by molar-refractivity contribution is 5.95. The molecule has 126 valence electrons. The lowest BCUT2D eigenvalue weighted by Crippen LogP contribution is -2.38. The molecule has 7 nitrogen and oxygen atoms in total. The number of aryl methyl sites for hydroxylation is 1. The van der Waals surface area contributed by atoms with Crippen LogP contribution in [0.5, 0.6) is 0 Å². The van der Waals surface area contributed by atoms with Gasteiger partial charge in [-0.15, -0.1) is 0 Å². The summed E-state index contributed by atoms with van der Waals surface area (Å²) >= 11 is 0. The van der Waals surface area contributed by atoms with Gasteiger partial charge in [-0.3, -0.25) is 9.59 Å². The summed E-state index contributed by atoms with van der Waals surface area (Å²) in [6.07, 6.45) is 4.94. The molecular formula is C17H20N4O3. The van der Waals surface area contributed by atoms with E-state index in [9.17, 15) is 9.59 Å². The van der Waals surface area contributed by atoms with Crippen LogP contribution in [0.25, 0.3) is 5.69 Å². The summed E-state index contributed by atoms with van der Waals surface area (Å²) in [6, 6.07) is 5.57. The zero-order valence-electron chi connectivity index (χ0n) is 13.7. The van der Waals surface area contributed by atoms with Gasteiger partial charge in [0.2, 0.25) is 0 Å². The van der Waals surface area contributed by atoms with Gasteiger partial charge >= 0.3 is 5.97 Å². The Hall–Kier alpha value is -2.70. The van der Waals surface area contributed by atoms with E-state index in [1.54, 1.807) is 28.9 Å². The molecule has 1 amide bonds. The van der Waals surface area contributed by atoms with Gasteiger partial charge in [0.05, 0.1) is 11.6 Å². The largest absolute Gasteiger partial charge is 0.481 e. The predicted octanol–water partition coefficient (Wildman–Crippen LogP) is 1.90. The summed E-state index contributed by atoms with van der Waals surface area (Å²) < 4.78 is 1.65. The summed E-state index contributed by atoms with van der Waals surface area (Å²) in [6.45, 7) is 3.78. The molecule has 1 saturated carbocycles. The molecule has 0 spiro atoms. The van der Waals surface area contributed by atoms with Gasteiger partial charge in [0.1, 0.15) is 12.7 Å². The third kappa shape index (κ3) is 3.29. The smallest absolute Gasteiger partial charge is 0.308 e. The fourth-order valence-corrected chi connectivity index (χ4v) is 2.70. The number of carbonyl (C=O) groups is 2. The number of carboxylic acids is 1. The van der Waals surface area contributed by atoms with Crippen LogP contribution in [-0.4, -0.2) is 49.2 Å². The molecule has 1 N–H and O–H groups in total. The van der Waals surface area contributed by atoms with Crippen molar-refractivity contribution in [2.24, 2.45) is 5.92 Å². The predicted molar refractivity (Wildman–Crippen MR) is 87.0 cm³/mol. The van der Waals surface area contributed by atoms with Crippen molar-refractivity contribution in [3.05, 3.63) is 42.0 Å². The van der Waals surface area contributed by atoms with Gasteiger partial charge in [-0.05, 0) is 43.5 Å². The first-order chi connectivity index (χ1) is 11.5. The molecule has 0 bridgehead atoms. The molecule has 1 atom stereocenters. The highest BCUT2D eigenvalue weighted by Gasteiger charge is 2.35. The van der Waals surface area contributed by atoms with E-state index in [0.29, 0.717) is 5.56 Å². The van der Waals surface area contributed by atoms with Crippen molar-refractivity contribution in [1.82, 2.24) is 19.7 Å². The first-order valence-electron chi connectivity index (χ1n) is 7.97. The number of benzene rings is 1. The number of carbonyl (C=O) groups excluding carboxylic acids is 1. The van der Waals surface area contributed by atoms with E-state index in [0.717, 1.165) is 24.1 Å².